The molecule has 2 heterocycles. The summed E-state index contributed by atoms with van der Waals surface area (Å²) in [5.74, 6) is 0.323. The molecule has 0 saturated heterocycles. The first kappa shape index (κ1) is 13.8. The van der Waals surface area contributed by atoms with Crippen LogP contribution in [0.2, 0.25) is 5.15 Å². The first-order chi connectivity index (χ1) is 9.20. The minimum atomic E-state index is -0.131. The van der Waals surface area contributed by atoms with E-state index in [2.05, 4.69) is 15.4 Å². The minimum absolute atomic E-state index is 0.131. The van der Waals surface area contributed by atoms with Crippen LogP contribution in [-0.2, 0) is 4.79 Å². The van der Waals surface area contributed by atoms with Gasteiger partial charge in [-0.05, 0) is 18.6 Å². The lowest BCUT2D eigenvalue weighted by atomic mass is 10.3. The van der Waals surface area contributed by atoms with Gasteiger partial charge in [-0.3, -0.25) is 9.78 Å². The van der Waals surface area contributed by atoms with Crippen molar-refractivity contribution in [1.82, 2.24) is 14.8 Å². The lowest BCUT2D eigenvalue weighted by Gasteiger charge is -2.01. The van der Waals surface area contributed by atoms with Crippen molar-refractivity contribution in [1.29, 1.82) is 0 Å². The van der Waals surface area contributed by atoms with Gasteiger partial charge in [-0.25, -0.2) is 4.68 Å². The Kier molecular flexibility index (Phi) is 4.76. The first-order valence-electron chi connectivity index (χ1n) is 5.72. The zero-order valence-corrected chi connectivity index (χ0v) is 11.5. The predicted octanol–water partition coefficient (Wildman–Crippen LogP) is 2.88. The Morgan fingerprint density at radius 2 is 2.32 bits per heavy atom. The molecule has 2 aromatic rings. The molecule has 0 unspecified atom stereocenters. The van der Waals surface area contributed by atoms with Gasteiger partial charge in [0.2, 0.25) is 5.91 Å². The number of hydrogen-bond acceptors (Lipinski definition) is 3. The number of halogens is 2. The van der Waals surface area contributed by atoms with E-state index in [0.29, 0.717) is 24.4 Å². The molecule has 0 radical (unpaired) electrons. The largest absolute Gasteiger partial charge is 0.322 e. The first-order valence-corrected chi connectivity index (χ1v) is 6.63. The highest BCUT2D eigenvalue weighted by Gasteiger charge is 2.11. The summed E-state index contributed by atoms with van der Waals surface area (Å²) in [6.07, 6.45) is 5.96. The fourth-order valence-corrected chi connectivity index (χ4v) is 1.81. The third-order valence-electron chi connectivity index (χ3n) is 2.39. The van der Waals surface area contributed by atoms with E-state index in [0.717, 1.165) is 5.69 Å². The van der Waals surface area contributed by atoms with Crippen molar-refractivity contribution >= 4 is 34.8 Å². The molecule has 0 aliphatic rings. The molecule has 2 aromatic heterocycles. The monoisotopic (exact) mass is 298 g/mol. The Labute approximate surface area is 120 Å². The summed E-state index contributed by atoms with van der Waals surface area (Å²) in [7, 11) is 0. The van der Waals surface area contributed by atoms with Crippen molar-refractivity contribution in [2.24, 2.45) is 0 Å². The molecule has 7 heteroatoms. The van der Waals surface area contributed by atoms with Crippen LogP contribution in [-0.4, -0.2) is 26.6 Å². The van der Waals surface area contributed by atoms with Crippen LogP contribution in [0.1, 0.15) is 12.8 Å². The molecule has 2 rings (SSSR count). The molecule has 0 atom stereocenters. The van der Waals surface area contributed by atoms with E-state index in [1.54, 1.807) is 29.3 Å². The summed E-state index contributed by atoms with van der Waals surface area (Å²) in [6.45, 7) is 0. The standard InChI is InChI=1S/C12H12Cl2N4O/c13-5-1-4-11(19)16-10-8-18(17-12(10)14)9-3-2-6-15-7-9/h2-3,6-8H,1,4-5H2,(H,16,19). The number of nitrogens with one attached hydrogen (secondary N) is 1. The molecule has 19 heavy (non-hydrogen) atoms. The van der Waals surface area contributed by atoms with Crippen LogP contribution in [0.25, 0.3) is 5.69 Å². The Bertz CT molecular complexity index is 556. The molecule has 0 bridgehead atoms. The van der Waals surface area contributed by atoms with Crippen LogP contribution >= 0.6 is 23.2 Å². The fraction of sp³-hybridized carbons (Fsp3) is 0.250. The smallest absolute Gasteiger partial charge is 0.224 e. The molecule has 0 fully saturated rings. The number of nitrogens with zero attached hydrogens (tertiary/aromatic N) is 3. The van der Waals surface area contributed by atoms with Gasteiger partial charge in [-0.15, -0.1) is 11.6 Å². The number of alkyl halides is 1. The Morgan fingerprint density at radius 3 is 3.00 bits per heavy atom. The number of hydrogen-bond donors (Lipinski definition) is 1. The number of anilines is 1. The van der Waals surface area contributed by atoms with Gasteiger partial charge in [0.15, 0.2) is 5.15 Å². The van der Waals surface area contributed by atoms with Gasteiger partial charge in [-0.1, -0.05) is 11.6 Å². The van der Waals surface area contributed by atoms with Crippen molar-refractivity contribution in [3.63, 3.8) is 0 Å². The maximum atomic E-state index is 11.6. The molecule has 100 valence electrons. The molecule has 1 N–H and O–H groups in total. The van der Waals surface area contributed by atoms with Crippen molar-refractivity contribution in [3.8, 4) is 5.69 Å². The maximum absolute atomic E-state index is 11.6. The number of aromatic nitrogens is 3. The van der Waals surface area contributed by atoms with Gasteiger partial charge in [0, 0.05) is 18.5 Å². The van der Waals surface area contributed by atoms with Crippen molar-refractivity contribution in [2.45, 2.75) is 12.8 Å². The number of amides is 1. The van der Waals surface area contributed by atoms with Crippen LogP contribution in [0.15, 0.2) is 30.7 Å². The van der Waals surface area contributed by atoms with Crippen LogP contribution in [0, 0.1) is 0 Å². The van der Waals surface area contributed by atoms with E-state index >= 15 is 0 Å². The Hall–Kier alpha value is -1.59. The highest BCUT2D eigenvalue weighted by molar-refractivity contribution is 6.32. The SMILES string of the molecule is O=C(CCCCl)Nc1cn(-c2cccnc2)nc1Cl. The topological polar surface area (TPSA) is 59.8 Å². The zero-order valence-electron chi connectivity index (χ0n) is 10.0. The molecular weight excluding hydrogens is 287 g/mol. The summed E-state index contributed by atoms with van der Waals surface area (Å²) in [5.41, 5.74) is 1.25. The van der Waals surface area contributed by atoms with Gasteiger partial charge >= 0.3 is 0 Å². The Balaban J connectivity index is 2.11. The lowest BCUT2D eigenvalue weighted by Crippen LogP contribution is -2.11. The normalized spacial score (nSPS) is 10.4. The number of carbonyl (C=O) groups is 1. The molecule has 0 aromatic carbocycles. The highest BCUT2D eigenvalue weighted by atomic mass is 35.5. The minimum Gasteiger partial charge on any atom is -0.322 e. The van der Waals surface area contributed by atoms with E-state index in [1.165, 1.54) is 0 Å². The molecule has 1 amide bonds. The summed E-state index contributed by atoms with van der Waals surface area (Å²) >= 11 is 11.5. The third-order valence-corrected chi connectivity index (χ3v) is 2.94. The molecule has 0 saturated carbocycles. The lowest BCUT2D eigenvalue weighted by molar-refractivity contribution is -0.116. The summed E-state index contributed by atoms with van der Waals surface area (Å²) in [6, 6.07) is 3.64. The third kappa shape index (κ3) is 3.68. The second-order valence-electron chi connectivity index (χ2n) is 3.83. The average Bonchev–Trinajstić information content (AvgIpc) is 2.79. The summed E-state index contributed by atoms with van der Waals surface area (Å²) in [5, 5.41) is 7.06. The van der Waals surface area contributed by atoms with Crippen LogP contribution in [0.5, 0.6) is 0 Å². The Morgan fingerprint density at radius 1 is 1.47 bits per heavy atom. The number of carbonyl (C=O) groups excluding carboxylic acids is 1. The molecular formula is C12H12Cl2N4O. The van der Waals surface area contributed by atoms with Crippen molar-refractivity contribution in [2.75, 3.05) is 11.2 Å². The van der Waals surface area contributed by atoms with E-state index in [4.69, 9.17) is 23.2 Å². The van der Waals surface area contributed by atoms with Gasteiger partial charge in [0.25, 0.3) is 0 Å². The number of pyridine rings is 1. The molecule has 0 spiro atoms. The zero-order chi connectivity index (χ0) is 13.7. The molecule has 0 aliphatic heterocycles. The fourth-order valence-electron chi connectivity index (χ4n) is 1.50. The van der Waals surface area contributed by atoms with Gasteiger partial charge in [0.05, 0.1) is 23.8 Å². The van der Waals surface area contributed by atoms with Gasteiger partial charge in [0.1, 0.15) is 0 Å². The van der Waals surface area contributed by atoms with Crippen LogP contribution in [0.4, 0.5) is 5.69 Å². The summed E-state index contributed by atoms with van der Waals surface area (Å²) in [4.78, 5) is 15.6. The molecule has 5 nitrogen and oxygen atoms in total. The second-order valence-corrected chi connectivity index (χ2v) is 4.57. The van der Waals surface area contributed by atoms with E-state index < -0.39 is 0 Å². The van der Waals surface area contributed by atoms with E-state index in [1.807, 2.05) is 6.07 Å². The number of rotatable bonds is 5. The van der Waals surface area contributed by atoms with Crippen molar-refractivity contribution in [3.05, 3.63) is 35.9 Å². The van der Waals surface area contributed by atoms with Gasteiger partial charge < -0.3 is 5.32 Å². The molecule has 0 aliphatic carbocycles. The van der Waals surface area contributed by atoms with Gasteiger partial charge in [-0.2, -0.15) is 5.10 Å². The van der Waals surface area contributed by atoms with Crippen LogP contribution < -0.4 is 5.32 Å². The van der Waals surface area contributed by atoms with E-state index in [9.17, 15) is 4.79 Å². The maximum Gasteiger partial charge on any atom is 0.224 e. The van der Waals surface area contributed by atoms with Crippen molar-refractivity contribution < 1.29 is 4.79 Å². The second kappa shape index (κ2) is 6.54. The quantitative estimate of drug-likeness (QED) is 0.864. The summed E-state index contributed by atoms with van der Waals surface area (Å²) < 4.78 is 1.56. The predicted molar refractivity (Wildman–Crippen MR) is 75.0 cm³/mol. The highest BCUT2D eigenvalue weighted by Crippen LogP contribution is 2.21. The van der Waals surface area contributed by atoms with E-state index in [-0.39, 0.29) is 11.1 Å². The van der Waals surface area contributed by atoms with Crippen LogP contribution in [0.3, 0.4) is 0 Å². The average molecular weight is 299 g/mol.